The van der Waals surface area contributed by atoms with Crippen LogP contribution in [0.15, 0.2) is 53.1 Å². The third-order valence-corrected chi connectivity index (χ3v) is 2.99. The number of hydrogen-bond donors (Lipinski definition) is 1. The maximum Gasteiger partial charge on any atom is 0.121 e. The largest absolute Gasteiger partial charge is 0.468 e. The molecule has 1 heterocycles. The molecular weight excluding hydrogens is 198 g/mol. The van der Waals surface area contributed by atoms with Gasteiger partial charge in [0.25, 0.3) is 0 Å². The first-order valence-corrected chi connectivity index (χ1v) is 5.58. The van der Waals surface area contributed by atoms with Gasteiger partial charge in [-0.2, -0.15) is 0 Å². The van der Waals surface area contributed by atoms with Crippen LogP contribution >= 0.6 is 0 Å². The summed E-state index contributed by atoms with van der Waals surface area (Å²) in [5.74, 6) is 1.37. The van der Waals surface area contributed by atoms with Gasteiger partial charge in [0.2, 0.25) is 0 Å². The molecule has 0 saturated carbocycles. The molecule has 1 N–H and O–H groups in total. The molecule has 1 aromatic heterocycles. The summed E-state index contributed by atoms with van der Waals surface area (Å²) in [7, 11) is 1.96. The Kier molecular flexibility index (Phi) is 3.42. The lowest BCUT2D eigenvalue weighted by Crippen LogP contribution is -2.21. The molecular formula is C14H17NO. The van der Waals surface area contributed by atoms with Gasteiger partial charge >= 0.3 is 0 Å². The van der Waals surface area contributed by atoms with Crippen molar-refractivity contribution in [3.05, 3.63) is 60.1 Å². The van der Waals surface area contributed by atoms with E-state index in [2.05, 4.69) is 36.5 Å². The van der Waals surface area contributed by atoms with Crippen molar-refractivity contribution in [1.82, 2.24) is 5.32 Å². The van der Waals surface area contributed by atoms with Crippen LogP contribution in [0, 0.1) is 0 Å². The van der Waals surface area contributed by atoms with E-state index in [1.165, 1.54) is 5.56 Å². The van der Waals surface area contributed by atoms with Crippen molar-refractivity contribution in [1.29, 1.82) is 0 Å². The van der Waals surface area contributed by atoms with E-state index in [4.69, 9.17) is 4.42 Å². The van der Waals surface area contributed by atoms with Crippen molar-refractivity contribution in [2.24, 2.45) is 0 Å². The van der Waals surface area contributed by atoms with E-state index >= 15 is 0 Å². The molecule has 0 fully saturated rings. The molecule has 16 heavy (non-hydrogen) atoms. The Balaban J connectivity index is 2.23. The van der Waals surface area contributed by atoms with Crippen LogP contribution < -0.4 is 5.32 Å². The van der Waals surface area contributed by atoms with Crippen LogP contribution in [0.3, 0.4) is 0 Å². The quantitative estimate of drug-likeness (QED) is 0.846. The fraction of sp³-hybridized carbons (Fsp3) is 0.286. The molecule has 2 heteroatoms. The zero-order valence-corrected chi connectivity index (χ0v) is 9.68. The van der Waals surface area contributed by atoms with E-state index in [0.29, 0.717) is 5.92 Å². The first-order chi connectivity index (χ1) is 7.83. The van der Waals surface area contributed by atoms with Crippen LogP contribution in [-0.2, 0) is 0 Å². The lowest BCUT2D eigenvalue weighted by molar-refractivity contribution is 0.395. The van der Waals surface area contributed by atoms with Gasteiger partial charge in [-0.05, 0) is 24.7 Å². The molecule has 2 atom stereocenters. The zero-order chi connectivity index (χ0) is 11.4. The minimum Gasteiger partial charge on any atom is -0.468 e. The van der Waals surface area contributed by atoms with Crippen LogP contribution in [0.2, 0.25) is 0 Å². The van der Waals surface area contributed by atoms with Crippen molar-refractivity contribution in [2.45, 2.75) is 18.9 Å². The lowest BCUT2D eigenvalue weighted by atomic mass is 9.92. The molecule has 0 aliphatic rings. The fourth-order valence-corrected chi connectivity index (χ4v) is 2.06. The molecule has 0 saturated heterocycles. The summed E-state index contributed by atoms with van der Waals surface area (Å²) < 4.78 is 5.47. The van der Waals surface area contributed by atoms with Crippen LogP contribution in [0.1, 0.15) is 30.2 Å². The Morgan fingerprint density at radius 1 is 1.06 bits per heavy atom. The molecule has 0 spiro atoms. The average Bonchev–Trinajstić information content (AvgIpc) is 2.85. The predicted octanol–water partition coefficient (Wildman–Crippen LogP) is 3.34. The van der Waals surface area contributed by atoms with Crippen molar-refractivity contribution >= 4 is 0 Å². The molecule has 0 radical (unpaired) electrons. The molecule has 0 unspecified atom stereocenters. The molecule has 2 nitrogen and oxygen atoms in total. The highest BCUT2D eigenvalue weighted by atomic mass is 16.3. The maximum absolute atomic E-state index is 5.47. The smallest absolute Gasteiger partial charge is 0.121 e. The Morgan fingerprint density at radius 3 is 2.38 bits per heavy atom. The van der Waals surface area contributed by atoms with Crippen molar-refractivity contribution in [3.8, 4) is 0 Å². The van der Waals surface area contributed by atoms with E-state index in [1.807, 2.05) is 25.2 Å². The summed E-state index contributed by atoms with van der Waals surface area (Å²) >= 11 is 0. The average molecular weight is 215 g/mol. The van der Waals surface area contributed by atoms with Crippen molar-refractivity contribution in [3.63, 3.8) is 0 Å². The highest BCUT2D eigenvalue weighted by Crippen LogP contribution is 2.30. The summed E-state index contributed by atoms with van der Waals surface area (Å²) in [6.45, 7) is 2.21. The molecule has 0 aliphatic carbocycles. The number of hydrogen-bond acceptors (Lipinski definition) is 2. The minimum absolute atomic E-state index is 0.220. The van der Waals surface area contributed by atoms with Gasteiger partial charge in [-0.25, -0.2) is 0 Å². The van der Waals surface area contributed by atoms with Gasteiger partial charge < -0.3 is 9.73 Å². The highest BCUT2D eigenvalue weighted by Gasteiger charge is 2.20. The maximum atomic E-state index is 5.47. The summed E-state index contributed by atoms with van der Waals surface area (Å²) in [5.41, 5.74) is 1.32. The van der Waals surface area contributed by atoms with Gasteiger partial charge in [0.15, 0.2) is 0 Å². The zero-order valence-electron chi connectivity index (χ0n) is 9.68. The number of furan rings is 1. The monoisotopic (exact) mass is 215 g/mol. The van der Waals surface area contributed by atoms with Crippen LogP contribution in [0.25, 0.3) is 0 Å². The van der Waals surface area contributed by atoms with E-state index in [0.717, 1.165) is 5.76 Å². The summed E-state index contributed by atoms with van der Waals surface area (Å²) in [6, 6.07) is 14.6. The molecule has 2 rings (SSSR count). The topological polar surface area (TPSA) is 25.2 Å². The molecule has 0 aliphatic heterocycles. The van der Waals surface area contributed by atoms with E-state index < -0.39 is 0 Å². The Hall–Kier alpha value is -1.54. The summed E-state index contributed by atoms with van der Waals surface area (Å²) in [6.07, 6.45) is 1.72. The number of likely N-dealkylation sites (N-methyl/N-ethyl adjacent to an activating group) is 1. The number of rotatable bonds is 4. The third kappa shape index (κ3) is 2.17. The van der Waals surface area contributed by atoms with Crippen molar-refractivity contribution in [2.75, 3.05) is 7.05 Å². The van der Waals surface area contributed by atoms with Crippen LogP contribution in [-0.4, -0.2) is 7.05 Å². The summed E-state index contributed by atoms with van der Waals surface area (Å²) in [5, 5.41) is 3.31. The van der Waals surface area contributed by atoms with Gasteiger partial charge in [-0.15, -0.1) is 0 Å². The molecule has 1 aromatic carbocycles. The lowest BCUT2D eigenvalue weighted by Gasteiger charge is -2.21. The standard InChI is InChI=1S/C14H17NO/c1-11(12-7-4-3-5-8-12)14(15-2)13-9-6-10-16-13/h3-11,14-15H,1-2H3/t11-,14-/m1/s1. The molecule has 0 amide bonds. The SMILES string of the molecule is CN[C@@H](c1ccco1)[C@H](C)c1ccccc1. The fourth-order valence-electron chi connectivity index (χ4n) is 2.06. The van der Waals surface area contributed by atoms with Gasteiger partial charge in [-0.3, -0.25) is 0 Å². The van der Waals surface area contributed by atoms with Gasteiger partial charge in [0.05, 0.1) is 12.3 Å². The van der Waals surface area contributed by atoms with E-state index in [1.54, 1.807) is 6.26 Å². The summed E-state index contributed by atoms with van der Waals surface area (Å²) in [4.78, 5) is 0. The normalized spacial score (nSPS) is 14.6. The van der Waals surface area contributed by atoms with Crippen LogP contribution in [0.5, 0.6) is 0 Å². The Labute approximate surface area is 96.3 Å². The first-order valence-electron chi connectivity index (χ1n) is 5.58. The van der Waals surface area contributed by atoms with E-state index in [9.17, 15) is 0 Å². The Bertz CT molecular complexity index is 408. The van der Waals surface area contributed by atoms with Crippen LogP contribution in [0.4, 0.5) is 0 Å². The second-order valence-electron chi connectivity index (χ2n) is 3.98. The second kappa shape index (κ2) is 4.99. The number of nitrogens with one attached hydrogen (secondary N) is 1. The van der Waals surface area contributed by atoms with E-state index in [-0.39, 0.29) is 6.04 Å². The molecule has 84 valence electrons. The third-order valence-electron chi connectivity index (χ3n) is 2.99. The minimum atomic E-state index is 0.220. The second-order valence-corrected chi connectivity index (χ2v) is 3.98. The van der Waals surface area contributed by atoms with Gasteiger partial charge in [-0.1, -0.05) is 37.3 Å². The molecule has 2 aromatic rings. The first kappa shape index (κ1) is 11.0. The van der Waals surface area contributed by atoms with Gasteiger partial charge in [0.1, 0.15) is 5.76 Å². The highest BCUT2D eigenvalue weighted by molar-refractivity contribution is 5.23. The van der Waals surface area contributed by atoms with Crippen molar-refractivity contribution < 1.29 is 4.42 Å². The van der Waals surface area contributed by atoms with Gasteiger partial charge in [0, 0.05) is 5.92 Å². The number of benzene rings is 1. The Morgan fingerprint density at radius 2 is 1.81 bits per heavy atom. The predicted molar refractivity (Wildman–Crippen MR) is 65.4 cm³/mol. The molecule has 0 bridgehead atoms.